The summed E-state index contributed by atoms with van der Waals surface area (Å²) in [7, 11) is 0. The van der Waals surface area contributed by atoms with Crippen molar-refractivity contribution in [1.82, 2.24) is 19.7 Å². The molecule has 0 saturated carbocycles. The quantitative estimate of drug-likeness (QED) is 0.643. The van der Waals surface area contributed by atoms with Gasteiger partial charge < -0.3 is 4.57 Å². The van der Waals surface area contributed by atoms with Crippen molar-refractivity contribution in [3.8, 4) is 11.8 Å². The molecule has 0 fully saturated rings. The van der Waals surface area contributed by atoms with E-state index >= 15 is 0 Å². The molecule has 2 aromatic heterocycles. The Labute approximate surface area is 88.0 Å². The maximum atomic E-state index is 3.95. The van der Waals surface area contributed by atoms with E-state index in [1.165, 1.54) is 0 Å². The van der Waals surface area contributed by atoms with Crippen molar-refractivity contribution in [2.24, 2.45) is 0 Å². The van der Waals surface area contributed by atoms with Crippen LogP contribution < -0.4 is 0 Å². The molecule has 2 heterocycles. The molecule has 15 heavy (non-hydrogen) atoms. The predicted octanol–water partition coefficient (Wildman–Crippen LogP) is 1.03. The summed E-state index contributed by atoms with van der Waals surface area (Å²) in [5.41, 5.74) is 1.59. The van der Waals surface area contributed by atoms with Crippen LogP contribution in [-0.4, -0.2) is 19.7 Å². The van der Waals surface area contributed by atoms with E-state index in [2.05, 4.69) is 27.0 Å². The van der Waals surface area contributed by atoms with Crippen molar-refractivity contribution >= 4 is 0 Å². The highest BCUT2D eigenvalue weighted by Crippen LogP contribution is 1.92. The van der Waals surface area contributed by atoms with Crippen molar-refractivity contribution in [3.05, 3.63) is 42.2 Å². The highest BCUT2D eigenvalue weighted by molar-refractivity contribution is 5.26. The molecule has 4 heteroatoms. The second-order valence-electron chi connectivity index (χ2n) is 3.10. The fourth-order valence-corrected chi connectivity index (χ4v) is 1.07. The van der Waals surface area contributed by atoms with Crippen LogP contribution in [0.1, 0.15) is 11.4 Å². The van der Waals surface area contributed by atoms with Crippen molar-refractivity contribution in [2.45, 2.75) is 13.5 Å². The molecular formula is C11H10N4. The van der Waals surface area contributed by atoms with E-state index in [1.54, 1.807) is 12.5 Å². The third-order valence-corrected chi connectivity index (χ3v) is 1.84. The van der Waals surface area contributed by atoms with Gasteiger partial charge in [-0.2, -0.15) is 5.10 Å². The summed E-state index contributed by atoms with van der Waals surface area (Å²) in [5, 5.41) is 7.87. The lowest BCUT2D eigenvalue weighted by Crippen LogP contribution is -1.92. The van der Waals surface area contributed by atoms with Crippen LogP contribution in [0.3, 0.4) is 0 Å². The van der Waals surface area contributed by atoms with Gasteiger partial charge in [-0.25, -0.2) is 4.98 Å². The van der Waals surface area contributed by atoms with Gasteiger partial charge in [-0.15, -0.1) is 5.10 Å². The van der Waals surface area contributed by atoms with Crippen LogP contribution in [0.15, 0.2) is 30.9 Å². The fourth-order valence-electron chi connectivity index (χ4n) is 1.07. The number of aryl methyl sites for hydroxylation is 1. The molecule has 0 unspecified atom stereocenters. The predicted molar refractivity (Wildman–Crippen MR) is 55.9 cm³/mol. The van der Waals surface area contributed by atoms with Gasteiger partial charge in [-0.1, -0.05) is 5.92 Å². The molecule has 0 radical (unpaired) electrons. The zero-order valence-electron chi connectivity index (χ0n) is 8.38. The van der Waals surface area contributed by atoms with Crippen LogP contribution >= 0.6 is 0 Å². The molecule has 0 spiro atoms. The molecule has 74 valence electrons. The average molecular weight is 198 g/mol. The summed E-state index contributed by atoms with van der Waals surface area (Å²) in [6.45, 7) is 2.52. The topological polar surface area (TPSA) is 43.6 Å². The molecule has 0 atom stereocenters. The van der Waals surface area contributed by atoms with Crippen molar-refractivity contribution in [3.63, 3.8) is 0 Å². The van der Waals surface area contributed by atoms with Gasteiger partial charge in [0.25, 0.3) is 0 Å². The summed E-state index contributed by atoms with van der Waals surface area (Å²) in [4.78, 5) is 3.93. The second-order valence-corrected chi connectivity index (χ2v) is 3.10. The minimum Gasteiger partial charge on any atom is -0.326 e. The smallest absolute Gasteiger partial charge is 0.135 e. The summed E-state index contributed by atoms with van der Waals surface area (Å²) in [5.74, 6) is 5.93. The van der Waals surface area contributed by atoms with E-state index < -0.39 is 0 Å². The van der Waals surface area contributed by atoms with Crippen LogP contribution in [-0.2, 0) is 6.54 Å². The first-order valence-corrected chi connectivity index (χ1v) is 4.59. The molecular weight excluding hydrogens is 188 g/mol. The third kappa shape index (κ3) is 2.64. The fraction of sp³-hybridized carbons (Fsp3) is 0.182. The molecule has 2 rings (SSSR count). The molecule has 0 aromatic carbocycles. The molecule has 4 nitrogen and oxygen atoms in total. The van der Waals surface area contributed by atoms with Crippen LogP contribution in [0.2, 0.25) is 0 Å². The molecule has 0 bridgehead atoms. The number of aromatic nitrogens is 4. The highest BCUT2D eigenvalue weighted by Gasteiger charge is 1.88. The Morgan fingerprint density at radius 2 is 2.27 bits per heavy atom. The van der Waals surface area contributed by atoms with Crippen molar-refractivity contribution in [1.29, 1.82) is 0 Å². The second kappa shape index (κ2) is 4.38. The zero-order chi connectivity index (χ0) is 10.5. The molecule has 0 aliphatic carbocycles. The Hall–Kier alpha value is -2.15. The SMILES string of the molecule is Cc1ccc(C#CCn2ccnc2)nn1. The molecule has 0 N–H and O–H groups in total. The van der Waals surface area contributed by atoms with E-state index in [9.17, 15) is 0 Å². The average Bonchev–Trinajstić information content (AvgIpc) is 2.74. The number of nitrogens with zero attached hydrogens (tertiary/aromatic N) is 4. The van der Waals surface area contributed by atoms with Crippen molar-refractivity contribution in [2.75, 3.05) is 0 Å². The molecule has 0 aliphatic heterocycles. The zero-order valence-corrected chi connectivity index (χ0v) is 8.38. The van der Waals surface area contributed by atoms with E-state index in [0.717, 1.165) is 5.69 Å². The Kier molecular flexibility index (Phi) is 2.75. The first-order valence-electron chi connectivity index (χ1n) is 4.59. The third-order valence-electron chi connectivity index (χ3n) is 1.84. The van der Waals surface area contributed by atoms with Crippen LogP contribution in [0.25, 0.3) is 0 Å². The van der Waals surface area contributed by atoms with Crippen LogP contribution in [0.4, 0.5) is 0 Å². The Morgan fingerprint density at radius 1 is 1.33 bits per heavy atom. The minimum atomic E-state index is 0.621. The van der Waals surface area contributed by atoms with Gasteiger partial charge in [0.1, 0.15) is 5.69 Å². The molecule has 0 saturated heterocycles. The number of imidazole rings is 1. The summed E-state index contributed by atoms with van der Waals surface area (Å²) >= 11 is 0. The standard InChI is InChI=1S/C11H10N4/c1-10-4-5-11(14-13-10)3-2-7-15-8-6-12-9-15/h4-6,8-9H,7H2,1H3. The Bertz CT molecular complexity index is 474. The summed E-state index contributed by atoms with van der Waals surface area (Å²) < 4.78 is 1.90. The van der Waals surface area contributed by atoms with Gasteiger partial charge in [0.05, 0.1) is 18.6 Å². The van der Waals surface area contributed by atoms with Gasteiger partial charge in [0.15, 0.2) is 0 Å². The monoisotopic (exact) mass is 198 g/mol. The first kappa shape index (κ1) is 9.41. The largest absolute Gasteiger partial charge is 0.326 e. The highest BCUT2D eigenvalue weighted by atomic mass is 15.1. The van der Waals surface area contributed by atoms with Gasteiger partial charge >= 0.3 is 0 Å². The molecule has 0 aliphatic rings. The number of hydrogen-bond acceptors (Lipinski definition) is 3. The Morgan fingerprint density at radius 3 is 2.93 bits per heavy atom. The lowest BCUT2D eigenvalue weighted by molar-refractivity contribution is 0.839. The molecule has 0 amide bonds. The van der Waals surface area contributed by atoms with Crippen molar-refractivity contribution < 1.29 is 0 Å². The van der Waals surface area contributed by atoms with E-state index in [-0.39, 0.29) is 0 Å². The number of hydrogen-bond donors (Lipinski definition) is 0. The van der Waals surface area contributed by atoms with E-state index in [1.807, 2.05) is 29.8 Å². The Balaban J connectivity index is 2.03. The summed E-state index contributed by atoms with van der Waals surface area (Å²) in [6, 6.07) is 3.76. The van der Waals surface area contributed by atoms with E-state index in [0.29, 0.717) is 12.2 Å². The normalized spacial score (nSPS) is 9.40. The minimum absolute atomic E-state index is 0.621. The van der Waals surface area contributed by atoms with Gasteiger partial charge in [0, 0.05) is 12.4 Å². The van der Waals surface area contributed by atoms with Crippen LogP contribution in [0, 0.1) is 18.8 Å². The number of rotatable bonds is 1. The molecule has 2 aromatic rings. The van der Waals surface area contributed by atoms with Gasteiger partial charge in [-0.05, 0) is 25.0 Å². The van der Waals surface area contributed by atoms with Gasteiger partial charge in [0.2, 0.25) is 0 Å². The maximum Gasteiger partial charge on any atom is 0.135 e. The lowest BCUT2D eigenvalue weighted by atomic mass is 10.3. The maximum absolute atomic E-state index is 3.95. The van der Waals surface area contributed by atoms with E-state index in [4.69, 9.17) is 0 Å². The summed E-state index contributed by atoms with van der Waals surface area (Å²) in [6.07, 6.45) is 5.33. The first-order chi connectivity index (χ1) is 7.34. The van der Waals surface area contributed by atoms with Gasteiger partial charge in [-0.3, -0.25) is 0 Å². The lowest BCUT2D eigenvalue weighted by Gasteiger charge is -1.91. The van der Waals surface area contributed by atoms with Crippen LogP contribution in [0.5, 0.6) is 0 Å².